The Morgan fingerprint density at radius 2 is 1.87 bits per heavy atom. The first kappa shape index (κ1) is 24.7. The maximum atomic E-state index is 13.8. The van der Waals surface area contributed by atoms with Crippen LogP contribution in [-0.2, 0) is 4.79 Å². The number of benzene rings is 2. The molecule has 0 aliphatic carbocycles. The summed E-state index contributed by atoms with van der Waals surface area (Å²) in [4.78, 5) is 14.6. The third-order valence-corrected chi connectivity index (χ3v) is 5.10. The second kappa shape index (κ2) is 11.7. The predicted octanol–water partition coefficient (Wildman–Crippen LogP) is 5.64. The van der Waals surface area contributed by atoms with Crippen molar-refractivity contribution in [1.82, 2.24) is 4.90 Å². The van der Waals surface area contributed by atoms with Crippen LogP contribution in [0.5, 0.6) is 11.5 Å². The summed E-state index contributed by atoms with van der Waals surface area (Å²) >= 11 is 5.98. The molecule has 31 heavy (non-hydrogen) atoms. The summed E-state index contributed by atoms with van der Waals surface area (Å²) in [5.41, 5.74) is 0.701. The van der Waals surface area contributed by atoms with Gasteiger partial charge in [-0.05, 0) is 58.0 Å². The summed E-state index contributed by atoms with van der Waals surface area (Å²) in [7, 11) is 1.57. The van der Waals surface area contributed by atoms with Gasteiger partial charge in [0.25, 0.3) is 0 Å². The minimum absolute atomic E-state index is 0.165. The Bertz CT molecular complexity index is 887. The molecule has 2 rings (SSSR count). The molecule has 0 bridgehead atoms. The molecule has 0 spiro atoms. The zero-order valence-corrected chi connectivity index (χ0v) is 19.4. The van der Waals surface area contributed by atoms with Gasteiger partial charge in [0.2, 0.25) is 5.91 Å². The van der Waals surface area contributed by atoms with Crippen LogP contribution in [0.15, 0.2) is 42.5 Å². The van der Waals surface area contributed by atoms with E-state index >= 15 is 0 Å². The first-order chi connectivity index (χ1) is 14.7. The summed E-state index contributed by atoms with van der Waals surface area (Å²) in [5, 5.41) is 2.98. The summed E-state index contributed by atoms with van der Waals surface area (Å²) in [6.45, 7) is 9.85. The Morgan fingerprint density at radius 1 is 1.16 bits per heavy atom. The number of hydrogen-bond acceptors (Lipinski definition) is 4. The molecule has 168 valence electrons. The molecular formula is C24H30ClFN2O3. The summed E-state index contributed by atoms with van der Waals surface area (Å²) in [6.07, 6.45) is 2.58. The molecule has 0 aromatic heterocycles. The second-order valence-corrected chi connectivity index (χ2v) is 8.00. The normalized spacial score (nSPS) is 11.5. The molecule has 0 saturated heterocycles. The fraction of sp³-hybridized carbons (Fsp3) is 0.375. The number of amides is 1. The highest BCUT2D eigenvalue weighted by Gasteiger charge is 2.14. The molecule has 7 heteroatoms. The van der Waals surface area contributed by atoms with Gasteiger partial charge >= 0.3 is 0 Å². The first-order valence-electron chi connectivity index (χ1n) is 10.2. The number of carbonyl (C=O) groups excluding carboxylic acids is 1. The van der Waals surface area contributed by atoms with Crippen LogP contribution >= 0.6 is 11.6 Å². The van der Waals surface area contributed by atoms with E-state index in [0.717, 1.165) is 6.54 Å². The number of halogens is 2. The van der Waals surface area contributed by atoms with Crippen molar-refractivity contribution in [3.63, 3.8) is 0 Å². The van der Waals surface area contributed by atoms with Crippen LogP contribution < -0.4 is 14.8 Å². The van der Waals surface area contributed by atoms with Crippen LogP contribution in [0.3, 0.4) is 0 Å². The van der Waals surface area contributed by atoms with E-state index < -0.39 is 11.7 Å². The van der Waals surface area contributed by atoms with Gasteiger partial charge < -0.3 is 14.8 Å². The Labute approximate surface area is 188 Å². The highest BCUT2D eigenvalue weighted by Crippen LogP contribution is 2.30. The van der Waals surface area contributed by atoms with Crippen molar-refractivity contribution in [2.24, 2.45) is 0 Å². The Kier molecular flexibility index (Phi) is 9.34. The standard InChI is InChI=1S/C24H30ClFN2O3/c1-16(2)28(17(3)4)13-14-31-23-15-18(9-11-22(23)30-5)27-24(29)12-10-19-20(25)7-6-8-21(19)26/h6-12,15-17H,13-14H2,1-5H3,(H,27,29). The van der Waals surface area contributed by atoms with Crippen molar-refractivity contribution in [3.8, 4) is 11.5 Å². The third-order valence-electron chi connectivity index (χ3n) is 4.77. The van der Waals surface area contributed by atoms with Gasteiger partial charge in [-0.15, -0.1) is 0 Å². The van der Waals surface area contributed by atoms with Gasteiger partial charge in [0, 0.05) is 42.0 Å². The van der Waals surface area contributed by atoms with Gasteiger partial charge in [0.05, 0.1) is 12.1 Å². The van der Waals surface area contributed by atoms with E-state index in [4.69, 9.17) is 21.1 Å². The Balaban J connectivity index is 2.05. The molecule has 2 aromatic rings. The molecule has 0 heterocycles. The molecule has 0 unspecified atom stereocenters. The second-order valence-electron chi connectivity index (χ2n) is 7.60. The lowest BCUT2D eigenvalue weighted by Crippen LogP contribution is -2.39. The van der Waals surface area contributed by atoms with E-state index in [2.05, 4.69) is 37.9 Å². The Morgan fingerprint density at radius 3 is 2.48 bits per heavy atom. The molecule has 2 aromatic carbocycles. The highest BCUT2D eigenvalue weighted by atomic mass is 35.5. The van der Waals surface area contributed by atoms with E-state index in [1.54, 1.807) is 31.4 Å². The maximum absolute atomic E-state index is 13.8. The van der Waals surface area contributed by atoms with Gasteiger partial charge in [-0.1, -0.05) is 17.7 Å². The SMILES string of the molecule is COc1ccc(NC(=O)C=Cc2c(F)cccc2Cl)cc1OCCN(C(C)C)C(C)C. The van der Waals surface area contributed by atoms with Crippen LogP contribution in [0.25, 0.3) is 6.08 Å². The Hall–Kier alpha value is -2.57. The lowest BCUT2D eigenvalue weighted by atomic mass is 10.2. The zero-order valence-electron chi connectivity index (χ0n) is 18.6. The summed E-state index contributed by atoms with van der Waals surface area (Å²) < 4.78 is 25.1. The highest BCUT2D eigenvalue weighted by molar-refractivity contribution is 6.32. The molecule has 0 fully saturated rings. The number of nitrogens with one attached hydrogen (secondary N) is 1. The average Bonchev–Trinajstić information content (AvgIpc) is 2.70. The van der Waals surface area contributed by atoms with Crippen LogP contribution in [0, 0.1) is 5.82 Å². The average molecular weight is 449 g/mol. The predicted molar refractivity (Wildman–Crippen MR) is 125 cm³/mol. The van der Waals surface area contributed by atoms with Crippen molar-refractivity contribution in [2.45, 2.75) is 39.8 Å². The van der Waals surface area contributed by atoms with Gasteiger partial charge in [-0.3, -0.25) is 9.69 Å². The lowest BCUT2D eigenvalue weighted by molar-refractivity contribution is -0.111. The van der Waals surface area contributed by atoms with Crippen LogP contribution in [0.1, 0.15) is 33.3 Å². The van der Waals surface area contributed by atoms with Crippen molar-refractivity contribution in [3.05, 3.63) is 58.9 Å². The van der Waals surface area contributed by atoms with Gasteiger partial charge in [-0.25, -0.2) is 4.39 Å². The van der Waals surface area contributed by atoms with Crippen molar-refractivity contribution in [2.75, 3.05) is 25.6 Å². The minimum Gasteiger partial charge on any atom is -0.493 e. The quantitative estimate of drug-likeness (QED) is 0.478. The molecule has 1 amide bonds. The largest absolute Gasteiger partial charge is 0.493 e. The van der Waals surface area contributed by atoms with Crippen LogP contribution in [0.2, 0.25) is 5.02 Å². The van der Waals surface area contributed by atoms with E-state index in [1.807, 2.05) is 0 Å². The van der Waals surface area contributed by atoms with Gasteiger partial charge in [-0.2, -0.15) is 0 Å². The lowest BCUT2D eigenvalue weighted by Gasteiger charge is -2.30. The third kappa shape index (κ3) is 7.26. The molecule has 0 saturated carbocycles. The summed E-state index contributed by atoms with van der Waals surface area (Å²) in [5.74, 6) is 0.205. The molecule has 0 radical (unpaired) electrons. The molecule has 0 atom stereocenters. The van der Waals surface area contributed by atoms with Crippen molar-refractivity contribution < 1.29 is 18.7 Å². The van der Waals surface area contributed by atoms with E-state index in [9.17, 15) is 9.18 Å². The molecule has 0 aliphatic rings. The number of ether oxygens (including phenoxy) is 2. The minimum atomic E-state index is -0.492. The van der Waals surface area contributed by atoms with Crippen LogP contribution in [-0.4, -0.2) is 43.2 Å². The van der Waals surface area contributed by atoms with Gasteiger partial charge in [0.15, 0.2) is 11.5 Å². The van der Waals surface area contributed by atoms with E-state index in [1.165, 1.54) is 24.3 Å². The number of methoxy groups -OCH3 is 1. The number of carbonyl (C=O) groups is 1. The molecule has 5 nitrogen and oxygen atoms in total. The van der Waals surface area contributed by atoms with E-state index in [-0.39, 0.29) is 10.6 Å². The van der Waals surface area contributed by atoms with Gasteiger partial charge in [0.1, 0.15) is 12.4 Å². The fourth-order valence-electron chi connectivity index (χ4n) is 3.25. The molecule has 0 aliphatic heterocycles. The monoisotopic (exact) mass is 448 g/mol. The first-order valence-corrected chi connectivity index (χ1v) is 10.6. The van der Waals surface area contributed by atoms with Crippen molar-refractivity contribution >= 4 is 29.3 Å². The number of anilines is 1. The number of rotatable bonds is 10. The zero-order chi connectivity index (χ0) is 23.0. The smallest absolute Gasteiger partial charge is 0.248 e. The van der Waals surface area contributed by atoms with Crippen LogP contribution in [0.4, 0.5) is 10.1 Å². The molecule has 1 N–H and O–H groups in total. The maximum Gasteiger partial charge on any atom is 0.248 e. The summed E-state index contributed by atoms with van der Waals surface area (Å²) in [6, 6.07) is 10.3. The van der Waals surface area contributed by atoms with E-state index in [0.29, 0.717) is 35.9 Å². The fourth-order valence-corrected chi connectivity index (χ4v) is 3.48. The number of hydrogen-bond donors (Lipinski definition) is 1. The topological polar surface area (TPSA) is 50.8 Å². The number of nitrogens with zero attached hydrogens (tertiary/aromatic N) is 1. The van der Waals surface area contributed by atoms with Crippen molar-refractivity contribution in [1.29, 1.82) is 0 Å². The molecular weight excluding hydrogens is 419 g/mol.